The topological polar surface area (TPSA) is 42.4 Å². The number of aromatic nitrogens is 1. The summed E-state index contributed by atoms with van der Waals surface area (Å²) in [4.78, 5) is 17.7. The highest BCUT2D eigenvalue weighted by molar-refractivity contribution is 5.76. The van der Waals surface area contributed by atoms with Crippen LogP contribution in [0.25, 0.3) is 0 Å². The number of amides is 1. The van der Waals surface area contributed by atoms with Gasteiger partial charge in [-0.15, -0.1) is 0 Å². The van der Waals surface area contributed by atoms with Crippen LogP contribution in [0.5, 0.6) is 5.75 Å². The van der Waals surface area contributed by atoms with Crippen molar-refractivity contribution in [2.45, 2.75) is 38.7 Å². The van der Waals surface area contributed by atoms with E-state index in [0.717, 1.165) is 38.1 Å². The average molecular weight is 248 g/mol. The van der Waals surface area contributed by atoms with Crippen molar-refractivity contribution in [3.05, 3.63) is 24.5 Å². The van der Waals surface area contributed by atoms with Gasteiger partial charge in [-0.1, -0.05) is 6.92 Å². The standard InChI is InChI=1S/C14H20N2O2/c1-2-3-14(17)16-10-6-13(7-11-16)18-12-4-8-15-9-5-12/h4-5,8-9,13H,2-3,6-7,10-11H2,1H3. The third-order valence-corrected chi connectivity index (χ3v) is 3.21. The van der Waals surface area contributed by atoms with Gasteiger partial charge in [-0.05, 0) is 18.6 Å². The molecule has 98 valence electrons. The van der Waals surface area contributed by atoms with Crippen LogP contribution in [-0.4, -0.2) is 35.0 Å². The molecule has 4 nitrogen and oxygen atoms in total. The summed E-state index contributed by atoms with van der Waals surface area (Å²) < 4.78 is 5.87. The second kappa shape index (κ2) is 6.38. The molecule has 0 aliphatic carbocycles. The Morgan fingerprint density at radius 2 is 2.06 bits per heavy atom. The van der Waals surface area contributed by atoms with Gasteiger partial charge in [0, 0.05) is 44.7 Å². The molecule has 0 spiro atoms. The highest BCUT2D eigenvalue weighted by Gasteiger charge is 2.23. The van der Waals surface area contributed by atoms with E-state index < -0.39 is 0 Å². The maximum atomic E-state index is 11.7. The molecular formula is C14H20N2O2. The number of likely N-dealkylation sites (tertiary alicyclic amines) is 1. The number of hydrogen-bond acceptors (Lipinski definition) is 3. The summed E-state index contributed by atoms with van der Waals surface area (Å²) in [7, 11) is 0. The Morgan fingerprint density at radius 3 is 2.67 bits per heavy atom. The summed E-state index contributed by atoms with van der Waals surface area (Å²) in [5.74, 6) is 1.14. The van der Waals surface area contributed by atoms with E-state index in [1.807, 2.05) is 24.0 Å². The number of ether oxygens (including phenoxy) is 1. The number of carbonyl (C=O) groups excluding carboxylic acids is 1. The minimum atomic E-state index is 0.220. The van der Waals surface area contributed by atoms with Crippen LogP contribution in [0.15, 0.2) is 24.5 Å². The first-order chi connectivity index (χ1) is 8.79. The van der Waals surface area contributed by atoms with Crippen molar-refractivity contribution >= 4 is 5.91 Å². The summed E-state index contributed by atoms with van der Waals surface area (Å²) in [5.41, 5.74) is 0. The highest BCUT2D eigenvalue weighted by Crippen LogP contribution is 2.18. The minimum Gasteiger partial charge on any atom is -0.490 e. The second-order valence-corrected chi connectivity index (χ2v) is 4.63. The van der Waals surface area contributed by atoms with Crippen LogP contribution >= 0.6 is 0 Å². The van der Waals surface area contributed by atoms with Crippen molar-refractivity contribution in [2.75, 3.05) is 13.1 Å². The zero-order chi connectivity index (χ0) is 12.8. The van der Waals surface area contributed by atoms with E-state index >= 15 is 0 Å². The lowest BCUT2D eigenvalue weighted by Gasteiger charge is -2.32. The Kier molecular flexibility index (Phi) is 4.56. The van der Waals surface area contributed by atoms with Gasteiger partial charge < -0.3 is 9.64 Å². The number of pyridine rings is 1. The first-order valence-electron chi connectivity index (χ1n) is 6.64. The van der Waals surface area contributed by atoms with E-state index in [1.54, 1.807) is 12.4 Å². The third kappa shape index (κ3) is 3.45. The predicted molar refractivity (Wildman–Crippen MR) is 69.4 cm³/mol. The molecule has 4 heteroatoms. The van der Waals surface area contributed by atoms with E-state index in [4.69, 9.17) is 4.74 Å². The predicted octanol–water partition coefficient (Wildman–Crippen LogP) is 2.25. The maximum absolute atomic E-state index is 11.7. The first kappa shape index (κ1) is 12.9. The van der Waals surface area contributed by atoms with Gasteiger partial charge in [-0.3, -0.25) is 9.78 Å². The molecule has 0 N–H and O–H groups in total. The van der Waals surface area contributed by atoms with Gasteiger partial charge in [0.25, 0.3) is 0 Å². The molecule has 2 rings (SSSR count). The second-order valence-electron chi connectivity index (χ2n) is 4.63. The van der Waals surface area contributed by atoms with Crippen LogP contribution in [0.1, 0.15) is 32.6 Å². The molecule has 0 atom stereocenters. The van der Waals surface area contributed by atoms with Gasteiger partial charge in [0.1, 0.15) is 11.9 Å². The van der Waals surface area contributed by atoms with Crippen LogP contribution in [-0.2, 0) is 4.79 Å². The summed E-state index contributed by atoms with van der Waals surface area (Å²) in [6.45, 7) is 3.67. The van der Waals surface area contributed by atoms with E-state index in [1.165, 1.54) is 0 Å². The first-order valence-corrected chi connectivity index (χ1v) is 6.64. The fraction of sp³-hybridized carbons (Fsp3) is 0.571. The monoisotopic (exact) mass is 248 g/mol. The quantitative estimate of drug-likeness (QED) is 0.820. The Bertz CT molecular complexity index is 373. The van der Waals surface area contributed by atoms with Gasteiger partial charge in [0.2, 0.25) is 5.91 Å². The number of hydrogen-bond donors (Lipinski definition) is 0. The van der Waals surface area contributed by atoms with E-state index in [9.17, 15) is 4.79 Å². The van der Waals surface area contributed by atoms with Crippen molar-refractivity contribution in [3.8, 4) is 5.75 Å². The molecule has 0 aromatic carbocycles. The molecule has 1 aliphatic rings. The molecule has 0 unspecified atom stereocenters. The van der Waals surface area contributed by atoms with E-state index in [0.29, 0.717) is 6.42 Å². The SMILES string of the molecule is CCCC(=O)N1CCC(Oc2ccncc2)CC1. The number of carbonyl (C=O) groups is 1. The number of nitrogens with zero attached hydrogens (tertiary/aromatic N) is 2. The van der Waals surface area contributed by atoms with Crippen LogP contribution in [0.3, 0.4) is 0 Å². The molecular weight excluding hydrogens is 228 g/mol. The van der Waals surface area contributed by atoms with Gasteiger partial charge in [-0.25, -0.2) is 0 Å². The van der Waals surface area contributed by atoms with Gasteiger partial charge in [0.05, 0.1) is 0 Å². The molecule has 1 aromatic rings. The zero-order valence-corrected chi connectivity index (χ0v) is 10.8. The van der Waals surface area contributed by atoms with Gasteiger partial charge in [-0.2, -0.15) is 0 Å². The highest BCUT2D eigenvalue weighted by atomic mass is 16.5. The van der Waals surface area contributed by atoms with Crippen LogP contribution in [0.2, 0.25) is 0 Å². The molecule has 18 heavy (non-hydrogen) atoms. The normalized spacial score (nSPS) is 16.6. The van der Waals surface area contributed by atoms with E-state index in [2.05, 4.69) is 4.98 Å². The Labute approximate surface area is 108 Å². The van der Waals surface area contributed by atoms with Gasteiger partial charge >= 0.3 is 0 Å². The Morgan fingerprint density at radius 1 is 1.39 bits per heavy atom. The summed E-state index contributed by atoms with van der Waals surface area (Å²) in [6, 6.07) is 3.74. The Balaban J connectivity index is 1.78. The summed E-state index contributed by atoms with van der Waals surface area (Å²) in [5, 5.41) is 0. The summed E-state index contributed by atoms with van der Waals surface area (Å²) in [6.07, 6.45) is 7.10. The summed E-state index contributed by atoms with van der Waals surface area (Å²) >= 11 is 0. The average Bonchev–Trinajstić information content (AvgIpc) is 2.41. The van der Waals surface area contributed by atoms with Crippen LogP contribution < -0.4 is 4.74 Å². The largest absolute Gasteiger partial charge is 0.490 e. The van der Waals surface area contributed by atoms with Crippen molar-refractivity contribution in [2.24, 2.45) is 0 Å². The molecule has 0 radical (unpaired) electrons. The zero-order valence-electron chi connectivity index (χ0n) is 10.8. The maximum Gasteiger partial charge on any atom is 0.222 e. The third-order valence-electron chi connectivity index (χ3n) is 3.21. The van der Waals surface area contributed by atoms with Crippen molar-refractivity contribution in [3.63, 3.8) is 0 Å². The van der Waals surface area contributed by atoms with E-state index in [-0.39, 0.29) is 12.0 Å². The van der Waals surface area contributed by atoms with Crippen molar-refractivity contribution in [1.29, 1.82) is 0 Å². The van der Waals surface area contributed by atoms with Gasteiger partial charge in [0.15, 0.2) is 0 Å². The molecule has 1 amide bonds. The lowest BCUT2D eigenvalue weighted by Crippen LogP contribution is -2.41. The number of piperidine rings is 1. The Hall–Kier alpha value is -1.58. The molecule has 0 bridgehead atoms. The fourth-order valence-corrected chi connectivity index (χ4v) is 2.20. The van der Waals surface area contributed by atoms with Crippen molar-refractivity contribution in [1.82, 2.24) is 9.88 Å². The molecule has 1 saturated heterocycles. The minimum absolute atomic E-state index is 0.220. The molecule has 1 fully saturated rings. The molecule has 0 saturated carbocycles. The van der Waals surface area contributed by atoms with Crippen molar-refractivity contribution < 1.29 is 9.53 Å². The lowest BCUT2D eigenvalue weighted by molar-refractivity contribution is -0.133. The lowest BCUT2D eigenvalue weighted by atomic mass is 10.1. The smallest absolute Gasteiger partial charge is 0.222 e. The molecule has 2 heterocycles. The van der Waals surface area contributed by atoms with Crippen LogP contribution in [0, 0.1) is 0 Å². The molecule has 1 aliphatic heterocycles. The van der Waals surface area contributed by atoms with Crippen LogP contribution in [0.4, 0.5) is 0 Å². The number of rotatable bonds is 4. The molecule has 1 aromatic heterocycles. The fourth-order valence-electron chi connectivity index (χ4n) is 2.20.